The summed E-state index contributed by atoms with van der Waals surface area (Å²) >= 11 is 3.32. The SMILES string of the molecule is NNCc1cc(O)ccc1Br. The molecule has 0 aromatic heterocycles. The van der Waals surface area contributed by atoms with Crippen LogP contribution in [-0.4, -0.2) is 5.11 Å². The van der Waals surface area contributed by atoms with Gasteiger partial charge in [-0.15, -0.1) is 0 Å². The van der Waals surface area contributed by atoms with Crippen LogP contribution in [0, 0.1) is 0 Å². The molecular weight excluding hydrogens is 208 g/mol. The molecular formula is C7H9BrN2O. The molecule has 3 nitrogen and oxygen atoms in total. The molecule has 0 heterocycles. The lowest BCUT2D eigenvalue weighted by molar-refractivity contribution is 0.474. The lowest BCUT2D eigenvalue weighted by Gasteiger charge is -2.02. The fraction of sp³-hybridized carbons (Fsp3) is 0.143. The number of benzene rings is 1. The summed E-state index contributed by atoms with van der Waals surface area (Å²) < 4.78 is 0.938. The maximum absolute atomic E-state index is 9.07. The molecule has 0 amide bonds. The van der Waals surface area contributed by atoms with Crippen molar-refractivity contribution < 1.29 is 5.11 Å². The third kappa shape index (κ3) is 2.18. The van der Waals surface area contributed by atoms with E-state index in [-0.39, 0.29) is 5.75 Å². The molecule has 1 aromatic rings. The quantitative estimate of drug-likeness (QED) is 0.513. The normalized spacial score (nSPS) is 10.0. The monoisotopic (exact) mass is 216 g/mol. The first-order valence-electron chi connectivity index (χ1n) is 3.15. The highest BCUT2D eigenvalue weighted by Crippen LogP contribution is 2.20. The second-order valence-corrected chi connectivity index (χ2v) is 3.01. The molecule has 60 valence electrons. The van der Waals surface area contributed by atoms with Crippen LogP contribution in [0.1, 0.15) is 5.56 Å². The Labute approximate surface area is 73.3 Å². The average Bonchev–Trinajstić information content (AvgIpc) is 1.98. The Morgan fingerprint density at radius 3 is 2.91 bits per heavy atom. The summed E-state index contributed by atoms with van der Waals surface area (Å²) in [6.07, 6.45) is 0. The smallest absolute Gasteiger partial charge is 0.115 e. The molecule has 0 radical (unpaired) electrons. The number of phenolic OH excluding ortho intramolecular Hbond substituents is 1. The Hall–Kier alpha value is -0.580. The largest absolute Gasteiger partial charge is 0.508 e. The van der Waals surface area contributed by atoms with Gasteiger partial charge in [-0.25, -0.2) is 0 Å². The minimum Gasteiger partial charge on any atom is -0.508 e. The van der Waals surface area contributed by atoms with Crippen LogP contribution < -0.4 is 11.3 Å². The first-order valence-corrected chi connectivity index (χ1v) is 3.94. The fourth-order valence-electron chi connectivity index (χ4n) is 0.807. The molecule has 0 aliphatic carbocycles. The summed E-state index contributed by atoms with van der Waals surface area (Å²) in [5.74, 6) is 5.38. The zero-order valence-corrected chi connectivity index (χ0v) is 7.43. The molecule has 0 bridgehead atoms. The lowest BCUT2D eigenvalue weighted by atomic mass is 10.2. The Morgan fingerprint density at radius 1 is 1.55 bits per heavy atom. The molecule has 0 aliphatic heterocycles. The van der Waals surface area contributed by atoms with E-state index in [2.05, 4.69) is 21.4 Å². The molecule has 0 fully saturated rings. The molecule has 0 atom stereocenters. The van der Waals surface area contributed by atoms with E-state index in [4.69, 9.17) is 10.9 Å². The van der Waals surface area contributed by atoms with Crippen molar-refractivity contribution in [1.29, 1.82) is 0 Å². The van der Waals surface area contributed by atoms with E-state index in [1.54, 1.807) is 18.2 Å². The predicted octanol–water partition coefficient (Wildman–Crippen LogP) is 1.12. The molecule has 0 spiro atoms. The van der Waals surface area contributed by atoms with Gasteiger partial charge in [0.1, 0.15) is 5.75 Å². The van der Waals surface area contributed by atoms with E-state index in [1.165, 1.54) is 0 Å². The van der Waals surface area contributed by atoms with Gasteiger partial charge in [-0.2, -0.15) is 0 Å². The van der Waals surface area contributed by atoms with Crippen LogP contribution >= 0.6 is 15.9 Å². The van der Waals surface area contributed by atoms with Gasteiger partial charge in [0.25, 0.3) is 0 Å². The molecule has 1 rings (SSSR count). The highest BCUT2D eigenvalue weighted by atomic mass is 79.9. The number of phenols is 1. The highest BCUT2D eigenvalue weighted by molar-refractivity contribution is 9.10. The molecule has 4 N–H and O–H groups in total. The van der Waals surface area contributed by atoms with Crippen molar-refractivity contribution in [2.45, 2.75) is 6.54 Å². The average molecular weight is 217 g/mol. The molecule has 0 aliphatic rings. The van der Waals surface area contributed by atoms with Gasteiger partial charge in [0, 0.05) is 11.0 Å². The Morgan fingerprint density at radius 2 is 2.27 bits per heavy atom. The fourth-order valence-corrected chi connectivity index (χ4v) is 1.19. The van der Waals surface area contributed by atoms with Crippen LogP contribution in [0.15, 0.2) is 22.7 Å². The lowest BCUT2D eigenvalue weighted by Crippen LogP contribution is -2.20. The van der Waals surface area contributed by atoms with Gasteiger partial charge in [0.05, 0.1) is 0 Å². The van der Waals surface area contributed by atoms with Crippen LogP contribution in [0.2, 0.25) is 0 Å². The first kappa shape index (κ1) is 8.52. The summed E-state index contributed by atoms with van der Waals surface area (Å²) in [7, 11) is 0. The topological polar surface area (TPSA) is 58.3 Å². The van der Waals surface area contributed by atoms with Crippen LogP contribution in [-0.2, 0) is 6.54 Å². The predicted molar refractivity (Wildman–Crippen MR) is 46.8 cm³/mol. The van der Waals surface area contributed by atoms with Crippen molar-refractivity contribution in [3.63, 3.8) is 0 Å². The van der Waals surface area contributed by atoms with Crippen LogP contribution in [0.5, 0.6) is 5.75 Å². The number of hydrazine groups is 1. The van der Waals surface area contributed by atoms with E-state index < -0.39 is 0 Å². The second-order valence-electron chi connectivity index (χ2n) is 2.16. The van der Waals surface area contributed by atoms with E-state index in [0.717, 1.165) is 10.0 Å². The van der Waals surface area contributed by atoms with Gasteiger partial charge in [-0.05, 0) is 23.8 Å². The van der Waals surface area contributed by atoms with Crippen molar-refractivity contribution in [2.75, 3.05) is 0 Å². The van der Waals surface area contributed by atoms with Crippen molar-refractivity contribution in [3.8, 4) is 5.75 Å². The maximum atomic E-state index is 9.07. The number of rotatable bonds is 2. The van der Waals surface area contributed by atoms with Gasteiger partial charge in [-0.1, -0.05) is 15.9 Å². The summed E-state index contributed by atoms with van der Waals surface area (Å²) in [4.78, 5) is 0. The number of aromatic hydroxyl groups is 1. The van der Waals surface area contributed by atoms with Crippen LogP contribution in [0.3, 0.4) is 0 Å². The van der Waals surface area contributed by atoms with Gasteiger partial charge in [-0.3, -0.25) is 11.3 Å². The summed E-state index contributed by atoms with van der Waals surface area (Å²) in [5.41, 5.74) is 3.45. The number of nitrogens with two attached hydrogens (primary N) is 1. The standard InChI is InChI=1S/C7H9BrN2O/c8-7-2-1-6(11)3-5(7)4-10-9/h1-3,10-11H,4,9H2. The number of hydrogen-bond donors (Lipinski definition) is 3. The number of hydrogen-bond acceptors (Lipinski definition) is 3. The van der Waals surface area contributed by atoms with E-state index in [9.17, 15) is 0 Å². The Bertz CT molecular complexity index is 252. The molecule has 0 saturated heterocycles. The first-order chi connectivity index (χ1) is 5.24. The summed E-state index contributed by atoms with van der Waals surface area (Å²) in [5, 5.41) is 9.07. The van der Waals surface area contributed by atoms with Crippen molar-refractivity contribution in [2.24, 2.45) is 5.84 Å². The number of halogens is 1. The third-order valence-corrected chi connectivity index (χ3v) is 2.10. The Balaban J connectivity index is 2.93. The van der Waals surface area contributed by atoms with Gasteiger partial charge < -0.3 is 5.11 Å². The molecule has 4 heteroatoms. The van der Waals surface area contributed by atoms with Gasteiger partial charge >= 0.3 is 0 Å². The molecule has 0 saturated carbocycles. The van der Waals surface area contributed by atoms with E-state index in [0.29, 0.717) is 6.54 Å². The highest BCUT2D eigenvalue weighted by Gasteiger charge is 1.98. The minimum atomic E-state index is 0.249. The van der Waals surface area contributed by atoms with Gasteiger partial charge in [0.2, 0.25) is 0 Å². The molecule has 0 unspecified atom stereocenters. The summed E-state index contributed by atoms with van der Waals surface area (Å²) in [6.45, 7) is 0.537. The minimum absolute atomic E-state index is 0.249. The van der Waals surface area contributed by atoms with Gasteiger partial charge in [0.15, 0.2) is 0 Å². The second kappa shape index (κ2) is 3.71. The zero-order chi connectivity index (χ0) is 8.27. The Kier molecular flexibility index (Phi) is 2.87. The maximum Gasteiger partial charge on any atom is 0.115 e. The van der Waals surface area contributed by atoms with E-state index >= 15 is 0 Å². The van der Waals surface area contributed by atoms with Crippen molar-refractivity contribution >= 4 is 15.9 Å². The zero-order valence-electron chi connectivity index (χ0n) is 5.84. The molecule has 11 heavy (non-hydrogen) atoms. The summed E-state index contributed by atoms with van der Waals surface area (Å²) in [6, 6.07) is 5.05. The molecule has 1 aromatic carbocycles. The van der Waals surface area contributed by atoms with Crippen LogP contribution in [0.4, 0.5) is 0 Å². The van der Waals surface area contributed by atoms with E-state index in [1.807, 2.05) is 0 Å². The van der Waals surface area contributed by atoms with Crippen molar-refractivity contribution in [3.05, 3.63) is 28.2 Å². The van der Waals surface area contributed by atoms with Crippen molar-refractivity contribution in [1.82, 2.24) is 5.43 Å². The number of nitrogens with one attached hydrogen (secondary N) is 1. The third-order valence-electron chi connectivity index (χ3n) is 1.32. The van der Waals surface area contributed by atoms with Crippen LogP contribution in [0.25, 0.3) is 0 Å².